The number of rotatable bonds is 7. The van der Waals surface area contributed by atoms with Crippen LogP contribution < -0.4 is 5.32 Å². The fraction of sp³-hybridized carbons (Fsp3) is 1.00. The Balaban J connectivity index is 3.33. The summed E-state index contributed by atoms with van der Waals surface area (Å²) in [5.74, 6) is 1.27. The second-order valence-corrected chi connectivity index (χ2v) is 4.52. The summed E-state index contributed by atoms with van der Waals surface area (Å²) in [5, 5.41) is 3.60. The third kappa shape index (κ3) is 6.99. The quantitative estimate of drug-likeness (QED) is 0.661. The molecule has 12 heavy (non-hydrogen) atoms. The first-order chi connectivity index (χ1) is 5.70. The van der Waals surface area contributed by atoms with Gasteiger partial charge in [-0.3, -0.25) is 0 Å². The lowest BCUT2D eigenvalue weighted by atomic mass is 10.1. The average molecular weight is 189 g/mol. The summed E-state index contributed by atoms with van der Waals surface area (Å²) in [4.78, 5) is 0. The Labute approximate surface area is 81.7 Å². The SMILES string of the molecule is CCCC(C)NC(C)CCSC. The molecule has 1 N–H and O–H groups in total. The van der Waals surface area contributed by atoms with Crippen molar-refractivity contribution in [2.75, 3.05) is 12.0 Å². The summed E-state index contributed by atoms with van der Waals surface area (Å²) in [7, 11) is 0. The highest BCUT2D eigenvalue weighted by molar-refractivity contribution is 7.98. The molecule has 2 unspecified atom stereocenters. The maximum Gasteiger partial charge on any atom is 0.00490 e. The van der Waals surface area contributed by atoms with Crippen LogP contribution in [0.15, 0.2) is 0 Å². The van der Waals surface area contributed by atoms with Crippen molar-refractivity contribution in [1.82, 2.24) is 5.32 Å². The maximum absolute atomic E-state index is 3.60. The minimum Gasteiger partial charge on any atom is -0.312 e. The summed E-state index contributed by atoms with van der Waals surface area (Å²) in [5.41, 5.74) is 0. The van der Waals surface area contributed by atoms with Gasteiger partial charge in [0, 0.05) is 12.1 Å². The van der Waals surface area contributed by atoms with Crippen LogP contribution in [-0.4, -0.2) is 24.1 Å². The lowest BCUT2D eigenvalue weighted by Crippen LogP contribution is -2.34. The molecule has 1 nitrogen and oxygen atoms in total. The van der Waals surface area contributed by atoms with Gasteiger partial charge in [0.2, 0.25) is 0 Å². The van der Waals surface area contributed by atoms with Gasteiger partial charge in [-0.25, -0.2) is 0 Å². The zero-order valence-electron chi connectivity index (χ0n) is 8.89. The zero-order valence-corrected chi connectivity index (χ0v) is 9.71. The predicted octanol–water partition coefficient (Wildman–Crippen LogP) is 2.91. The minimum absolute atomic E-state index is 0.680. The van der Waals surface area contributed by atoms with Gasteiger partial charge in [-0.15, -0.1) is 0 Å². The van der Waals surface area contributed by atoms with E-state index in [1.54, 1.807) is 0 Å². The van der Waals surface area contributed by atoms with Crippen molar-refractivity contribution in [2.45, 2.75) is 52.1 Å². The first-order valence-corrected chi connectivity index (χ1v) is 6.35. The Morgan fingerprint density at radius 2 is 1.75 bits per heavy atom. The van der Waals surface area contributed by atoms with Gasteiger partial charge in [-0.1, -0.05) is 13.3 Å². The molecule has 2 atom stereocenters. The molecule has 0 aliphatic carbocycles. The molecule has 0 saturated carbocycles. The fourth-order valence-corrected chi connectivity index (χ4v) is 1.97. The summed E-state index contributed by atoms with van der Waals surface area (Å²) in [6.07, 6.45) is 6.03. The van der Waals surface area contributed by atoms with Crippen molar-refractivity contribution in [2.24, 2.45) is 0 Å². The van der Waals surface area contributed by atoms with E-state index in [0.29, 0.717) is 12.1 Å². The van der Waals surface area contributed by atoms with Crippen LogP contribution in [0.2, 0.25) is 0 Å². The Bertz CT molecular complexity index is 95.8. The van der Waals surface area contributed by atoms with E-state index in [2.05, 4.69) is 32.3 Å². The molecule has 74 valence electrons. The number of hydrogen-bond donors (Lipinski definition) is 1. The van der Waals surface area contributed by atoms with Gasteiger partial charge < -0.3 is 5.32 Å². The number of thioether (sulfide) groups is 1. The van der Waals surface area contributed by atoms with E-state index in [4.69, 9.17) is 0 Å². The second-order valence-electron chi connectivity index (χ2n) is 3.54. The Morgan fingerprint density at radius 1 is 1.17 bits per heavy atom. The molecular weight excluding hydrogens is 166 g/mol. The van der Waals surface area contributed by atoms with Crippen molar-refractivity contribution in [3.8, 4) is 0 Å². The molecule has 0 aliphatic rings. The maximum atomic E-state index is 3.60. The topological polar surface area (TPSA) is 12.0 Å². The number of hydrogen-bond acceptors (Lipinski definition) is 2. The van der Waals surface area contributed by atoms with Crippen molar-refractivity contribution in [1.29, 1.82) is 0 Å². The molecule has 0 fully saturated rings. The van der Waals surface area contributed by atoms with Crippen molar-refractivity contribution in [3.05, 3.63) is 0 Å². The molecule has 0 heterocycles. The lowest BCUT2D eigenvalue weighted by Gasteiger charge is -2.18. The monoisotopic (exact) mass is 189 g/mol. The van der Waals surface area contributed by atoms with Crippen LogP contribution in [0.3, 0.4) is 0 Å². The second kappa shape index (κ2) is 7.93. The van der Waals surface area contributed by atoms with Gasteiger partial charge in [0.25, 0.3) is 0 Å². The van der Waals surface area contributed by atoms with E-state index in [-0.39, 0.29) is 0 Å². The van der Waals surface area contributed by atoms with E-state index in [9.17, 15) is 0 Å². The van der Waals surface area contributed by atoms with Crippen LogP contribution in [-0.2, 0) is 0 Å². The van der Waals surface area contributed by atoms with E-state index >= 15 is 0 Å². The first-order valence-electron chi connectivity index (χ1n) is 4.95. The summed E-state index contributed by atoms with van der Waals surface area (Å²) in [6, 6.07) is 1.37. The van der Waals surface area contributed by atoms with Crippen LogP contribution in [0.5, 0.6) is 0 Å². The van der Waals surface area contributed by atoms with Crippen LogP contribution >= 0.6 is 11.8 Å². The van der Waals surface area contributed by atoms with Gasteiger partial charge in [-0.05, 0) is 38.7 Å². The molecule has 0 amide bonds. The van der Waals surface area contributed by atoms with E-state index in [0.717, 1.165) is 0 Å². The Kier molecular flexibility index (Phi) is 8.14. The highest BCUT2D eigenvalue weighted by Crippen LogP contribution is 2.02. The van der Waals surface area contributed by atoms with Gasteiger partial charge in [0.05, 0.1) is 0 Å². The van der Waals surface area contributed by atoms with Gasteiger partial charge in [-0.2, -0.15) is 11.8 Å². The van der Waals surface area contributed by atoms with Gasteiger partial charge in [0.1, 0.15) is 0 Å². The lowest BCUT2D eigenvalue weighted by molar-refractivity contribution is 0.437. The third-order valence-electron chi connectivity index (χ3n) is 2.05. The Hall–Kier alpha value is 0.310. The van der Waals surface area contributed by atoms with Crippen LogP contribution in [0, 0.1) is 0 Å². The Morgan fingerprint density at radius 3 is 2.25 bits per heavy atom. The summed E-state index contributed by atoms with van der Waals surface area (Å²) >= 11 is 1.93. The summed E-state index contributed by atoms with van der Waals surface area (Å²) in [6.45, 7) is 6.80. The average Bonchev–Trinajstić information content (AvgIpc) is 2.01. The molecule has 0 aromatic carbocycles. The van der Waals surface area contributed by atoms with E-state index < -0.39 is 0 Å². The predicted molar refractivity (Wildman–Crippen MR) is 60.0 cm³/mol. The standard InChI is InChI=1S/C10H23NS/c1-5-6-9(2)11-10(3)7-8-12-4/h9-11H,5-8H2,1-4H3. The smallest absolute Gasteiger partial charge is 0.00490 e. The molecule has 0 rings (SSSR count). The normalized spacial score (nSPS) is 16.0. The number of nitrogens with one attached hydrogen (secondary N) is 1. The minimum atomic E-state index is 0.680. The largest absolute Gasteiger partial charge is 0.312 e. The first kappa shape index (κ1) is 12.3. The van der Waals surface area contributed by atoms with Gasteiger partial charge in [0.15, 0.2) is 0 Å². The van der Waals surface area contributed by atoms with Crippen molar-refractivity contribution >= 4 is 11.8 Å². The molecule has 0 aromatic rings. The van der Waals surface area contributed by atoms with Crippen molar-refractivity contribution < 1.29 is 0 Å². The fourth-order valence-electron chi connectivity index (χ4n) is 1.38. The molecule has 0 bridgehead atoms. The molecule has 0 radical (unpaired) electrons. The zero-order chi connectivity index (χ0) is 9.40. The molecule has 0 aromatic heterocycles. The third-order valence-corrected chi connectivity index (χ3v) is 2.69. The molecular formula is C10H23NS. The van der Waals surface area contributed by atoms with Crippen LogP contribution in [0.25, 0.3) is 0 Å². The summed E-state index contributed by atoms with van der Waals surface area (Å²) < 4.78 is 0. The molecule has 2 heteroatoms. The molecule has 0 saturated heterocycles. The highest BCUT2D eigenvalue weighted by atomic mass is 32.2. The van der Waals surface area contributed by atoms with E-state index in [1.165, 1.54) is 25.0 Å². The van der Waals surface area contributed by atoms with E-state index in [1.807, 2.05) is 11.8 Å². The molecule has 0 aliphatic heterocycles. The molecule has 0 spiro atoms. The van der Waals surface area contributed by atoms with Crippen molar-refractivity contribution in [3.63, 3.8) is 0 Å². The highest BCUT2D eigenvalue weighted by Gasteiger charge is 2.05. The van der Waals surface area contributed by atoms with Gasteiger partial charge >= 0.3 is 0 Å². The van der Waals surface area contributed by atoms with Crippen LogP contribution in [0.1, 0.15) is 40.0 Å². The van der Waals surface area contributed by atoms with Crippen LogP contribution in [0.4, 0.5) is 0 Å².